The summed E-state index contributed by atoms with van der Waals surface area (Å²) in [4.78, 5) is 23.6. The molecule has 3 aliphatic rings. The van der Waals surface area contributed by atoms with E-state index < -0.39 is 36.4 Å². The summed E-state index contributed by atoms with van der Waals surface area (Å²) in [6.45, 7) is 1.77. The number of carbonyl (C=O) groups excluding carboxylic acids is 2. The third-order valence-electron chi connectivity index (χ3n) is 4.57. The van der Waals surface area contributed by atoms with E-state index in [0.717, 1.165) is 12.8 Å². The predicted molar refractivity (Wildman–Crippen MR) is 79.6 cm³/mol. The molecule has 0 aromatic heterocycles. The van der Waals surface area contributed by atoms with Gasteiger partial charge in [0.05, 0.1) is 19.1 Å². The monoisotopic (exact) mass is 330 g/mol. The standard InChI is InChI=1S/C15H22O7.CH4/c1-8(16)21-11-5-3-2-4-9(11)15(18)22-12-7-20-13-10(17)6-19-14(12)13;/h9-14,17H,2-7H2,1H3;1H4/t9?,10?,11?,12-,13?,14?;/m0./s1. The average molecular weight is 330 g/mol. The van der Waals surface area contributed by atoms with Crippen molar-refractivity contribution in [3.63, 3.8) is 0 Å². The van der Waals surface area contributed by atoms with Gasteiger partial charge in [0, 0.05) is 6.92 Å². The Morgan fingerprint density at radius 2 is 1.70 bits per heavy atom. The van der Waals surface area contributed by atoms with E-state index in [0.29, 0.717) is 12.8 Å². The largest absolute Gasteiger partial charge is 0.462 e. The van der Waals surface area contributed by atoms with Gasteiger partial charge < -0.3 is 24.1 Å². The highest BCUT2D eigenvalue weighted by Crippen LogP contribution is 2.32. The lowest BCUT2D eigenvalue weighted by molar-refractivity contribution is -0.170. The number of aliphatic hydroxyl groups excluding tert-OH is 1. The lowest BCUT2D eigenvalue weighted by Crippen LogP contribution is -2.40. The van der Waals surface area contributed by atoms with Crippen molar-refractivity contribution >= 4 is 11.9 Å². The van der Waals surface area contributed by atoms with Crippen LogP contribution in [0.25, 0.3) is 0 Å². The van der Waals surface area contributed by atoms with Gasteiger partial charge in [0.2, 0.25) is 0 Å². The summed E-state index contributed by atoms with van der Waals surface area (Å²) in [7, 11) is 0. The molecule has 2 heterocycles. The van der Waals surface area contributed by atoms with Gasteiger partial charge in [-0.3, -0.25) is 9.59 Å². The Balaban J connectivity index is 0.00000192. The number of aliphatic hydroxyl groups is 1. The molecular formula is C16H26O7. The van der Waals surface area contributed by atoms with Crippen LogP contribution in [-0.4, -0.2) is 60.8 Å². The normalized spacial score (nSPS) is 39.2. The Morgan fingerprint density at radius 3 is 2.43 bits per heavy atom. The highest BCUT2D eigenvalue weighted by Gasteiger charge is 2.49. The second-order valence-corrected chi connectivity index (χ2v) is 6.18. The van der Waals surface area contributed by atoms with Crippen LogP contribution in [0.5, 0.6) is 0 Å². The van der Waals surface area contributed by atoms with Crippen LogP contribution in [0.2, 0.25) is 0 Å². The first kappa shape index (κ1) is 18.2. The summed E-state index contributed by atoms with van der Waals surface area (Å²) in [6.07, 6.45) is 0.777. The van der Waals surface area contributed by atoms with Gasteiger partial charge in [-0.2, -0.15) is 0 Å². The van der Waals surface area contributed by atoms with E-state index in [1.54, 1.807) is 0 Å². The highest BCUT2D eigenvalue weighted by molar-refractivity contribution is 5.74. The fourth-order valence-corrected chi connectivity index (χ4v) is 3.50. The van der Waals surface area contributed by atoms with Gasteiger partial charge in [0.1, 0.15) is 24.4 Å². The first-order valence-electron chi connectivity index (χ1n) is 7.85. The van der Waals surface area contributed by atoms with E-state index in [9.17, 15) is 14.7 Å². The number of carbonyl (C=O) groups is 2. The van der Waals surface area contributed by atoms with Crippen LogP contribution in [0.4, 0.5) is 0 Å². The molecule has 1 saturated carbocycles. The van der Waals surface area contributed by atoms with Gasteiger partial charge in [-0.15, -0.1) is 0 Å². The molecule has 5 unspecified atom stereocenters. The third-order valence-corrected chi connectivity index (χ3v) is 4.57. The molecule has 1 N–H and O–H groups in total. The van der Waals surface area contributed by atoms with Crippen LogP contribution in [0.15, 0.2) is 0 Å². The Hall–Kier alpha value is -1.18. The maximum atomic E-state index is 12.4. The highest BCUT2D eigenvalue weighted by atomic mass is 16.6. The number of esters is 2. The minimum Gasteiger partial charge on any atom is -0.462 e. The molecule has 0 amide bonds. The smallest absolute Gasteiger partial charge is 0.313 e. The van der Waals surface area contributed by atoms with Crippen LogP contribution < -0.4 is 0 Å². The van der Waals surface area contributed by atoms with E-state index in [-0.39, 0.29) is 32.6 Å². The zero-order valence-electron chi connectivity index (χ0n) is 12.6. The molecule has 0 aromatic carbocycles. The maximum Gasteiger partial charge on any atom is 0.313 e. The molecule has 0 aromatic rings. The van der Waals surface area contributed by atoms with Crippen molar-refractivity contribution in [1.29, 1.82) is 0 Å². The molecular weight excluding hydrogens is 304 g/mol. The number of rotatable bonds is 3. The van der Waals surface area contributed by atoms with Crippen molar-refractivity contribution in [2.24, 2.45) is 5.92 Å². The minimum atomic E-state index is -0.669. The second kappa shape index (κ2) is 7.59. The summed E-state index contributed by atoms with van der Waals surface area (Å²) in [5.74, 6) is -1.18. The van der Waals surface area contributed by atoms with Crippen LogP contribution in [0.3, 0.4) is 0 Å². The zero-order valence-corrected chi connectivity index (χ0v) is 12.6. The Labute approximate surface area is 136 Å². The number of hydrogen-bond donors (Lipinski definition) is 1. The summed E-state index contributed by atoms with van der Waals surface area (Å²) >= 11 is 0. The van der Waals surface area contributed by atoms with E-state index in [4.69, 9.17) is 18.9 Å². The fraction of sp³-hybridized carbons (Fsp3) is 0.875. The van der Waals surface area contributed by atoms with Crippen molar-refractivity contribution in [3.05, 3.63) is 0 Å². The van der Waals surface area contributed by atoms with Crippen LogP contribution in [0, 0.1) is 5.92 Å². The van der Waals surface area contributed by atoms with Gasteiger partial charge in [0.15, 0.2) is 6.10 Å². The van der Waals surface area contributed by atoms with E-state index >= 15 is 0 Å². The molecule has 0 bridgehead atoms. The van der Waals surface area contributed by atoms with Crippen molar-refractivity contribution in [2.45, 2.75) is 70.6 Å². The van der Waals surface area contributed by atoms with Crippen LogP contribution in [0.1, 0.15) is 40.0 Å². The van der Waals surface area contributed by atoms with Gasteiger partial charge in [-0.05, 0) is 19.3 Å². The summed E-state index contributed by atoms with van der Waals surface area (Å²) < 4.78 is 21.7. The van der Waals surface area contributed by atoms with E-state index in [1.807, 2.05) is 0 Å². The molecule has 7 heteroatoms. The molecule has 3 fully saturated rings. The van der Waals surface area contributed by atoms with E-state index in [1.165, 1.54) is 6.92 Å². The predicted octanol–water partition coefficient (Wildman–Crippen LogP) is 0.815. The third kappa shape index (κ3) is 3.84. The summed E-state index contributed by atoms with van der Waals surface area (Å²) in [5, 5.41) is 9.69. The molecule has 2 aliphatic heterocycles. The molecule has 0 spiro atoms. The molecule has 0 radical (unpaired) electrons. The van der Waals surface area contributed by atoms with E-state index in [2.05, 4.69) is 0 Å². The summed E-state index contributed by atoms with van der Waals surface area (Å²) in [6, 6.07) is 0. The Bertz CT molecular complexity index is 438. The number of fused-ring (bicyclic) bond motifs is 1. The number of ether oxygens (including phenoxy) is 4. The average Bonchev–Trinajstić information content (AvgIpc) is 3.03. The van der Waals surface area contributed by atoms with Crippen LogP contribution in [-0.2, 0) is 28.5 Å². The molecule has 6 atom stereocenters. The molecule has 23 heavy (non-hydrogen) atoms. The first-order valence-corrected chi connectivity index (χ1v) is 7.85. The molecule has 7 nitrogen and oxygen atoms in total. The topological polar surface area (TPSA) is 91.3 Å². The maximum absolute atomic E-state index is 12.4. The Morgan fingerprint density at radius 1 is 1.00 bits per heavy atom. The van der Waals surface area contributed by atoms with Gasteiger partial charge in [-0.25, -0.2) is 0 Å². The molecule has 2 saturated heterocycles. The zero-order chi connectivity index (χ0) is 15.7. The summed E-state index contributed by atoms with van der Waals surface area (Å²) in [5.41, 5.74) is 0. The Kier molecular flexibility index (Phi) is 6.00. The second-order valence-electron chi connectivity index (χ2n) is 6.18. The minimum absolute atomic E-state index is 0. The van der Waals surface area contributed by atoms with Gasteiger partial charge >= 0.3 is 11.9 Å². The van der Waals surface area contributed by atoms with Crippen molar-refractivity contribution in [2.75, 3.05) is 13.2 Å². The van der Waals surface area contributed by atoms with Crippen molar-refractivity contribution in [1.82, 2.24) is 0 Å². The molecule has 1 aliphatic carbocycles. The molecule has 3 rings (SSSR count). The SMILES string of the molecule is C.CC(=O)OC1CCCCC1C(=O)O[C@H]1COC2C(O)COC21. The van der Waals surface area contributed by atoms with Crippen LogP contribution >= 0.6 is 0 Å². The van der Waals surface area contributed by atoms with Gasteiger partial charge in [0.25, 0.3) is 0 Å². The first-order chi connectivity index (χ1) is 10.6. The molecule has 132 valence electrons. The van der Waals surface area contributed by atoms with Crippen molar-refractivity contribution in [3.8, 4) is 0 Å². The lowest BCUT2D eigenvalue weighted by Gasteiger charge is -2.30. The number of hydrogen-bond acceptors (Lipinski definition) is 7. The lowest BCUT2D eigenvalue weighted by atomic mass is 9.86. The van der Waals surface area contributed by atoms with Gasteiger partial charge in [-0.1, -0.05) is 13.8 Å². The quantitative estimate of drug-likeness (QED) is 0.766. The fourth-order valence-electron chi connectivity index (χ4n) is 3.50. The van der Waals surface area contributed by atoms with Crippen molar-refractivity contribution < 1.29 is 33.6 Å².